The number of piperidine rings is 1. The van der Waals surface area contributed by atoms with Crippen LogP contribution in [0.25, 0.3) is 0 Å². The summed E-state index contributed by atoms with van der Waals surface area (Å²) in [5.41, 5.74) is 1.39. The van der Waals surface area contributed by atoms with E-state index >= 15 is 0 Å². The van der Waals surface area contributed by atoms with Crippen molar-refractivity contribution in [2.24, 2.45) is 4.99 Å². The van der Waals surface area contributed by atoms with Gasteiger partial charge in [-0.15, -0.1) is 11.3 Å². The molecule has 1 fully saturated rings. The molecule has 31 heavy (non-hydrogen) atoms. The van der Waals surface area contributed by atoms with Crippen LogP contribution in [0.5, 0.6) is 5.75 Å². The third-order valence-corrected chi connectivity index (χ3v) is 6.64. The maximum absolute atomic E-state index is 12.3. The maximum atomic E-state index is 12.3. The lowest BCUT2D eigenvalue weighted by Crippen LogP contribution is -2.41. The second-order valence-corrected chi connectivity index (χ2v) is 10.2. The Balaban J connectivity index is 1.57. The highest BCUT2D eigenvalue weighted by atomic mass is 35.5. The fraction of sp³-hybridized carbons (Fsp3) is 0.522. The van der Waals surface area contributed by atoms with Gasteiger partial charge in [-0.2, -0.15) is 0 Å². The standard InChI is InChI=1S/C23H30ClN3O3S/c1-15-20(14-29-18-7-6-17(13-25-5)19(24)12-18)31-21(26-15)16-8-10-27(11-9-16)22(28)30-23(2,3)4/h6-7,12-13,16H,8-11,14H2,1-5H3. The molecule has 0 bridgehead atoms. The van der Waals surface area contributed by atoms with Crippen LogP contribution in [0.4, 0.5) is 4.79 Å². The summed E-state index contributed by atoms with van der Waals surface area (Å²) in [6, 6.07) is 5.60. The Bertz CT molecular complexity index is 944. The van der Waals surface area contributed by atoms with Crippen molar-refractivity contribution in [3.8, 4) is 5.75 Å². The zero-order valence-corrected chi connectivity index (χ0v) is 20.3. The fourth-order valence-corrected chi connectivity index (χ4v) is 4.75. The number of carbonyl (C=O) groups excluding carboxylic acids is 1. The monoisotopic (exact) mass is 463 g/mol. The lowest BCUT2D eigenvalue weighted by atomic mass is 9.98. The molecule has 0 spiro atoms. The number of aromatic nitrogens is 1. The van der Waals surface area contributed by atoms with Crippen LogP contribution in [-0.4, -0.2) is 47.9 Å². The molecule has 6 nitrogen and oxygen atoms in total. The van der Waals surface area contributed by atoms with Crippen LogP contribution >= 0.6 is 22.9 Å². The Hall–Kier alpha value is -2.12. The first-order valence-corrected chi connectivity index (χ1v) is 11.6. The topological polar surface area (TPSA) is 64.0 Å². The zero-order valence-electron chi connectivity index (χ0n) is 18.8. The van der Waals surface area contributed by atoms with Gasteiger partial charge >= 0.3 is 6.09 Å². The number of hydrogen-bond acceptors (Lipinski definition) is 6. The Morgan fingerprint density at radius 1 is 1.35 bits per heavy atom. The normalized spacial score (nSPS) is 15.5. The molecule has 168 valence electrons. The van der Waals surface area contributed by atoms with Crippen molar-refractivity contribution in [2.45, 2.75) is 58.7 Å². The summed E-state index contributed by atoms with van der Waals surface area (Å²) in [6.45, 7) is 9.52. The van der Waals surface area contributed by atoms with Crippen LogP contribution in [0.3, 0.4) is 0 Å². The predicted octanol–water partition coefficient (Wildman–Crippen LogP) is 5.85. The third-order valence-electron chi connectivity index (χ3n) is 5.02. The first-order valence-electron chi connectivity index (χ1n) is 10.4. The van der Waals surface area contributed by atoms with Gasteiger partial charge in [0.05, 0.1) is 20.6 Å². The van der Waals surface area contributed by atoms with Crippen LogP contribution in [0.15, 0.2) is 23.2 Å². The molecule has 2 aromatic rings. The molecule has 8 heteroatoms. The Morgan fingerprint density at radius 2 is 2.06 bits per heavy atom. The molecule has 0 unspecified atom stereocenters. The average Bonchev–Trinajstić information content (AvgIpc) is 3.08. The number of aliphatic imine (C=N–C) groups is 1. The van der Waals surface area contributed by atoms with Gasteiger partial charge in [0.1, 0.15) is 18.0 Å². The largest absolute Gasteiger partial charge is 0.488 e. The Labute approximate surface area is 193 Å². The zero-order chi connectivity index (χ0) is 22.6. The highest BCUT2D eigenvalue weighted by Crippen LogP contribution is 2.33. The lowest BCUT2D eigenvalue weighted by molar-refractivity contribution is 0.0205. The van der Waals surface area contributed by atoms with Gasteiger partial charge in [0.2, 0.25) is 0 Å². The predicted molar refractivity (Wildman–Crippen MR) is 126 cm³/mol. The van der Waals surface area contributed by atoms with Crippen LogP contribution < -0.4 is 4.74 Å². The number of benzene rings is 1. The number of likely N-dealkylation sites (tertiary alicyclic amines) is 1. The summed E-state index contributed by atoms with van der Waals surface area (Å²) in [7, 11) is 1.71. The number of thiazole rings is 1. The van der Waals surface area contributed by atoms with Crippen molar-refractivity contribution in [1.82, 2.24) is 9.88 Å². The van der Waals surface area contributed by atoms with Crippen LogP contribution in [0.2, 0.25) is 5.02 Å². The summed E-state index contributed by atoms with van der Waals surface area (Å²) in [5.74, 6) is 1.08. The molecule has 1 aromatic carbocycles. The fourth-order valence-electron chi connectivity index (χ4n) is 3.38. The van der Waals surface area contributed by atoms with E-state index in [4.69, 9.17) is 26.1 Å². The smallest absolute Gasteiger partial charge is 0.410 e. The van der Waals surface area contributed by atoms with Crippen molar-refractivity contribution < 1.29 is 14.3 Å². The van der Waals surface area contributed by atoms with E-state index in [9.17, 15) is 4.79 Å². The first-order chi connectivity index (χ1) is 14.7. The van der Waals surface area contributed by atoms with Gasteiger partial charge in [-0.1, -0.05) is 11.6 Å². The molecule has 0 aliphatic carbocycles. The number of ether oxygens (including phenoxy) is 2. The number of nitrogens with zero attached hydrogens (tertiary/aromatic N) is 3. The van der Waals surface area contributed by atoms with Gasteiger partial charge in [0, 0.05) is 37.8 Å². The molecule has 1 amide bonds. The van der Waals surface area contributed by atoms with Crippen molar-refractivity contribution in [3.63, 3.8) is 0 Å². The van der Waals surface area contributed by atoms with Crippen LogP contribution in [-0.2, 0) is 11.3 Å². The highest BCUT2D eigenvalue weighted by molar-refractivity contribution is 7.11. The second kappa shape index (κ2) is 10.0. The SMILES string of the molecule is CN=Cc1ccc(OCc2sc(C3CCN(C(=O)OC(C)(C)C)CC3)nc2C)cc1Cl. The van der Waals surface area contributed by atoms with E-state index in [-0.39, 0.29) is 6.09 Å². The highest BCUT2D eigenvalue weighted by Gasteiger charge is 2.29. The molecule has 0 radical (unpaired) electrons. The van der Waals surface area contributed by atoms with Crippen LogP contribution in [0.1, 0.15) is 60.7 Å². The van der Waals surface area contributed by atoms with Gasteiger partial charge in [-0.3, -0.25) is 4.99 Å². The molecule has 0 N–H and O–H groups in total. The summed E-state index contributed by atoms with van der Waals surface area (Å²) < 4.78 is 11.4. The van der Waals surface area contributed by atoms with Crippen molar-refractivity contribution >= 4 is 35.2 Å². The number of carbonyl (C=O) groups is 1. The molecule has 0 saturated carbocycles. The van der Waals surface area contributed by atoms with Crippen molar-refractivity contribution in [1.29, 1.82) is 0 Å². The Morgan fingerprint density at radius 3 is 2.68 bits per heavy atom. The minimum absolute atomic E-state index is 0.231. The van der Waals surface area contributed by atoms with E-state index in [2.05, 4.69) is 4.99 Å². The summed E-state index contributed by atoms with van der Waals surface area (Å²) in [4.78, 5) is 24.0. The third kappa shape index (κ3) is 6.43. The maximum Gasteiger partial charge on any atom is 0.410 e. The van der Waals surface area contributed by atoms with E-state index in [1.165, 1.54) is 0 Å². The summed E-state index contributed by atoms with van der Waals surface area (Å²) in [6.07, 6.45) is 3.27. The quantitative estimate of drug-likeness (QED) is 0.522. The minimum atomic E-state index is -0.469. The van der Waals surface area contributed by atoms with E-state index in [0.717, 1.165) is 39.7 Å². The van der Waals surface area contributed by atoms with E-state index < -0.39 is 5.60 Å². The van der Waals surface area contributed by atoms with E-state index in [0.29, 0.717) is 30.6 Å². The average molecular weight is 464 g/mol. The molecule has 0 atom stereocenters. The van der Waals surface area contributed by atoms with Crippen molar-refractivity contribution in [3.05, 3.63) is 44.4 Å². The molecule has 1 aromatic heterocycles. The number of hydrogen-bond donors (Lipinski definition) is 0. The van der Waals surface area contributed by atoms with Gasteiger partial charge in [0.25, 0.3) is 0 Å². The number of aryl methyl sites for hydroxylation is 1. The first kappa shape index (κ1) is 23.5. The second-order valence-electron chi connectivity index (χ2n) is 8.66. The molecular formula is C23H30ClN3O3S. The van der Waals surface area contributed by atoms with Crippen molar-refractivity contribution in [2.75, 3.05) is 20.1 Å². The molecule has 1 aliphatic heterocycles. The number of halogens is 1. The number of rotatable bonds is 5. The molecule has 3 rings (SSSR count). The molecule has 2 heterocycles. The number of amides is 1. The van der Waals surface area contributed by atoms with Gasteiger partial charge in [-0.25, -0.2) is 9.78 Å². The summed E-state index contributed by atoms with van der Waals surface area (Å²) >= 11 is 7.97. The minimum Gasteiger partial charge on any atom is -0.488 e. The molecular weight excluding hydrogens is 434 g/mol. The van der Waals surface area contributed by atoms with E-state index in [1.54, 1.807) is 29.5 Å². The Kier molecular flexibility index (Phi) is 7.59. The van der Waals surface area contributed by atoms with Crippen LogP contribution in [0, 0.1) is 6.92 Å². The van der Waals surface area contributed by atoms with Gasteiger partial charge in [-0.05, 0) is 58.7 Å². The molecule has 1 saturated heterocycles. The lowest BCUT2D eigenvalue weighted by Gasteiger charge is -2.32. The van der Waals surface area contributed by atoms with E-state index in [1.807, 2.05) is 45.9 Å². The molecule has 1 aliphatic rings. The summed E-state index contributed by atoms with van der Waals surface area (Å²) in [5, 5.41) is 1.73. The van der Waals surface area contributed by atoms with Gasteiger partial charge in [0.15, 0.2) is 0 Å². The van der Waals surface area contributed by atoms with Gasteiger partial charge < -0.3 is 14.4 Å².